The molecular formula is C17H13ClN2O2. The molecule has 0 amide bonds. The molecule has 5 heteroatoms. The molecule has 1 aliphatic rings. The Morgan fingerprint density at radius 3 is 2.82 bits per heavy atom. The van der Waals surface area contributed by atoms with E-state index in [0.29, 0.717) is 6.42 Å². The molecule has 0 saturated heterocycles. The molecular weight excluding hydrogens is 300 g/mol. The quantitative estimate of drug-likeness (QED) is 0.739. The van der Waals surface area contributed by atoms with Gasteiger partial charge in [-0.2, -0.15) is 0 Å². The van der Waals surface area contributed by atoms with Crippen molar-refractivity contribution in [1.29, 1.82) is 0 Å². The van der Waals surface area contributed by atoms with Gasteiger partial charge in [-0.05, 0) is 29.8 Å². The Morgan fingerprint density at radius 2 is 1.91 bits per heavy atom. The monoisotopic (exact) mass is 312 g/mol. The van der Waals surface area contributed by atoms with Gasteiger partial charge in [-0.25, -0.2) is 0 Å². The lowest BCUT2D eigenvalue weighted by Crippen LogP contribution is -1.98. The predicted octanol–water partition coefficient (Wildman–Crippen LogP) is 4.12. The molecule has 0 radical (unpaired) electrons. The number of anilines is 1. The molecule has 0 fully saturated rings. The second-order valence-electron chi connectivity index (χ2n) is 5.13. The summed E-state index contributed by atoms with van der Waals surface area (Å²) in [5.41, 5.74) is 3.76. The van der Waals surface area contributed by atoms with E-state index in [1.165, 1.54) is 0 Å². The Labute approximate surface area is 132 Å². The molecule has 0 spiro atoms. The van der Waals surface area contributed by atoms with Gasteiger partial charge in [-0.1, -0.05) is 24.3 Å². The molecule has 0 aliphatic carbocycles. The van der Waals surface area contributed by atoms with E-state index < -0.39 is 0 Å². The fraction of sp³-hybridized carbons (Fsp3) is 0.118. The Kier molecular flexibility index (Phi) is 3.24. The van der Waals surface area contributed by atoms with Crippen molar-refractivity contribution in [3.63, 3.8) is 0 Å². The maximum absolute atomic E-state index is 5.86. The molecule has 1 N–H and O–H groups in total. The third kappa shape index (κ3) is 2.31. The van der Waals surface area contributed by atoms with Crippen molar-refractivity contribution in [2.75, 3.05) is 11.6 Å². The topological polar surface area (TPSA) is 43.4 Å². The van der Waals surface area contributed by atoms with Crippen molar-refractivity contribution in [2.45, 2.75) is 6.42 Å². The molecule has 0 atom stereocenters. The first-order valence-corrected chi connectivity index (χ1v) is 7.35. The standard InChI is InChI=1S/C17H13ClN2O2/c18-20-15-9-12-3-1-2-4-13(12)19-14(15)7-11-5-6-16-17(8-11)22-10-21-16/h1-6,8-9,20H,7,10H2. The van der Waals surface area contributed by atoms with Gasteiger partial charge in [-0.3, -0.25) is 9.82 Å². The van der Waals surface area contributed by atoms with Crippen LogP contribution in [0.5, 0.6) is 11.5 Å². The van der Waals surface area contributed by atoms with Crippen LogP contribution < -0.4 is 14.3 Å². The van der Waals surface area contributed by atoms with Gasteiger partial charge in [-0.15, -0.1) is 0 Å². The maximum Gasteiger partial charge on any atom is 0.231 e. The fourth-order valence-electron chi connectivity index (χ4n) is 2.62. The van der Waals surface area contributed by atoms with E-state index in [9.17, 15) is 0 Å². The van der Waals surface area contributed by atoms with Crippen LogP contribution in [-0.4, -0.2) is 11.8 Å². The van der Waals surface area contributed by atoms with Crippen molar-refractivity contribution in [1.82, 2.24) is 4.98 Å². The molecule has 0 unspecified atom stereocenters. The van der Waals surface area contributed by atoms with Gasteiger partial charge in [0, 0.05) is 23.6 Å². The molecule has 0 bridgehead atoms. The van der Waals surface area contributed by atoms with Crippen LogP contribution in [-0.2, 0) is 6.42 Å². The van der Waals surface area contributed by atoms with Crippen molar-refractivity contribution >= 4 is 28.4 Å². The Balaban J connectivity index is 1.74. The second-order valence-corrected chi connectivity index (χ2v) is 5.32. The highest BCUT2D eigenvalue weighted by Crippen LogP contribution is 2.33. The molecule has 1 aromatic heterocycles. The molecule has 0 saturated carbocycles. The minimum Gasteiger partial charge on any atom is -0.454 e. The number of nitrogens with zero attached hydrogens (tertiary/aromatic N) is 1. The van der Waals surface area contributed by atoms with E-state index in [0.717, 1.165) is 39.3 Å². The summed E-state index contributed by atoms with van der Waals surface area (Å²) in [5.74, 6) is 1.56. The van der Waals surface area contributed by atoms with E-state index in [1.807, 2.05) is 48.5 Å². The SMILES string of the molecule is ClNc1cc2ccccc2nc1Cc1ccc2c(c1)OCO2. The molecule has 1 aliphatic heterocycles. The summed E-state index contributed by atoms with van der Waals surface area (Å²) in [6.45, 7) is 0.279. The van der Waals surface area contributed by atoms with Crippen molar-refractivity contribution in [3.05, 3.63) is 59.8 Å². The average Bonchev–Trinajstić information content (AvgIpc) is 3.02. The van der Waals surface area contributed by atoms with Crippen LogP contribution in [0, 0.1) is 0 Å². The summed E-state index contributed by atoms with van der Waals surface area (Å²) in [6, 6.07) is 15.9. The van der Waals surface area contributed by atoms with Gasteiger partial charge in [0.15, 0.2) is 11.5 Å². The van der Waals surface area contributed by atoms with E-state index in [2.05, 4.69) is 4.84 Å². The minimum absolute atomic E-state index is 0.279. The number of pyridine rings is 1. The van der Waals surface area contributed by atoms with Crippen LogP contribution in [0.4, 0.5) is 5.69 Å². The van der Waals surface area contributed by atoms with Gasteiger partial charge in [0.25, 0.3) is 0 Å². The van der Waals surface area contributed by atoms with Crippen molar-refractivity contribution in [2.24, 2.45) is 0 Å². The summed E-state index contributed by atoms with van der Waals surface area (Å²) in [4.78, 5) is 7.43. The summed E-state index contributed by atoms with van der Waals surface area (Å²) in [6.07, 6.45) is 0.663. The number of ether oxygens (including phenoxy) is 2. The van der Waals surface area contributed by atoms with Crippen LogP contribution in [0.1, 0.15) is 11.3 Å². The van der Waals surface area contributed by atoms with Gasteiger partial charge in [0.05, 0.1) is 16.9 Å². The smallest absolute Gasteiger partial charge is 0.231 e. The fourth-order valence-corrected chi connectivity index (χ4v) is 2.78. The average molecular weight is 313 g/mol. The van der Waals surface area contributed by atoms with E-state index in [1.54, 1.807) is 0 Å². The highest BCUT2D eigenvalue weighted by Gasteiger charge is 2.14. The van der Waals surface area contributed by atoms with Crippen LogP contribution >= 0.6 is 11.8 Å². The largest absolute Gasteiger partial charge is 0.454 e. The molecule has 110 valence electrons. The lowest BCUT2D eigenvalue weighted by atomic mass is 10.1. The number of rotatable bonds is 3. The minimum atomic E-state index is 0.279. The molecule has 22 heavy (non-hydrogen) atoms. The van der Waals surface area contributed by atoms with E-state index in [4.69, 9.17) is 26.2 Å². The summed E-state index contributed by atoms with van der Waals surface area (Å²) in [5, 5.41) is 1.06. The number of para-hydroxylation sites is 1. The Hall–Kier alpha value is -2.46. The van der Waals surface area contributed by atoms with Gasteiger partial charge in [0.2, 0.25) is 6.79 Å². The molecule has 4 rings (SSSR count). The van der Waals surface area contributed by atoms with Gasteiger partial charge < -0.3 is 9.47 Å². The van der Waals surface area contributed by atoms with E-state index in [-0.39, 0.29) is 6.79 Å². The third-order valence-corrected chi connectivity index (χ3v) is 3.92. The first-order valence-electron chi connectivity index (χ1n) is 6.97. The first-order chi connectivity index (χ1) is 10.8. The second kappa shape index (κ2) is 5.39. The highest BCUT2D eigenvalue weighted by molar-refractivity contribution is 6.24. The zero-order valence-electron chi connectivity index (χ0n) is 11.7. The van der Waals surface area contributed by atoms with Crippen LogP contribution in [0.2, 0.25) is 0 Å². The normalized spacial score (nSPS) is 12.6. The number of aromatic nitrogens is 1. The first kappa shape index (κ1) is 13.2. The number of halogens is 1. The number of fused-ring (bicyclic) bond motifs is 2. The third-order valence-electron chi connectivity index (χ3n) is 3.71. The number of hydrogen-bond acceptors (Lipinski definition) is 4. The zero-order chi connectivity index (χ0) is 14.9. The Bertz CT molecular complexity index is 851. The van der Waals surface area contributed by atoms with Crippen LogP contribution in [0.25, 0.3) is 10.9 Å². The summed E-state index contributed by atoms with van der Waals surface area (Å²) >= 11 is 5.86. The van der Waals surface area contributed by atoms with E-state index >= 15 is 0 Å². The maximum atomic E-state index is 5.86. The number of nitrogens with one attached hydrogen (secondary N) is 1. The number of hydrogen-bond donors (Lipinski definition) is 1. The molecule has 3 aromatic rings. The summed E-state index contributed by atoms with van der Waals surface area (Å²) < 4.78 is 10.8. The van der Waals surface area contributed by atoms with Crippen molar-refractivity contribution < 1.29 is 9.47 Å². The highest BCUT2D eigenvalue weighted by atomic mass is 35.5. The molecule has 4 nitrogen and oxygen atoms in total. The van der Waals surface area contributed by atoms with Gasteiger partial charge >= 0.3 is 0 Å². The van der Waals surface area contributed by atoms with Crippen LogP contribution in [0.3, 0.4) is 0 Å². The zero-order valence-corrected chi connectivity index (χ0v) is 12.4. The lowest BCUT2D eigenvalue weighted by Gasteiger charge is -2.10. The Morgan fingerprint density at radius 1 is 1.05 bits per heavy atom. The van der Waals surface area contributed by atoms with Gasteiger partial charge in [0.1, 0.15) is 0 Å². The lowest BCUT2D eigenvalue weighted by molar-refractivity contribution is 0.174. The van der Waals surface area contributed by atoms with Crippen LogP contribution in [0.15, 0.2) is 48.5 Å². The predicted molar refractivity (Wildman–Crippen MR) is 86.6 cm³/mol. The summed E-state index contributed by atoms with van der Waals surface area (Å²) in [7, 11) is 0. The molecule has 2 heterocycles. The number of benzene rings is 2. The molecule has 2 aromatic carbocycles. The van der Waals surface area contributed by atoms with Crippen molar-refractivity contribution in [3.8, 4) is 11.5 Å².